The van der Waals surface area contributed by atoms with E-state index in [9.17, 15) is 22.4 Å². The summed E-state index contributed by atoms with van der Waals surface area (Å²) in [5.41, 5.74) is -0.968. The van der Waals surface area contributed by atoms with Crippen molar-refractivity contribution in [3.63, 3.8) is 0 Å². The number of carboxylic acid groups (broad SMARTS) is 1. The number of halogens is 4. The van der Waals surface area contributed by atoms with Crippen molar-refractivity contribution in [1.29, 1.82) is 0 Å². The van der Waals surface area contributed by atoms with E-state index in [-0.39, 0.29) is 0 Å². The highest BCUT2D eigenvalue weighted by Gasteiger charge is 2.46. The van der Waals surface area contributed by atoms with Crippen molar-refractivity contribution in [2.75, 3.05) is 0 Å². The normalized spacial score (nSPS) is 16.9. The Morgan fingerprint density at radius 3 is 2.41 bits per heavy atom. The van der Waals surface area contributed by atoms with Crippen LogP contribution in [-0.2, 0) is 10.7 Å². The van der Waals surface area contributed by atoms with Gasteiger partial charge in [-0.2, -0.15) is 8.78 Å². The highest BCUT2D eigenvalue weighted by Crippen LogP contribution is 2.43. The predicted molar refractivity (Wildman–Crippen MR) is 44.2 cm³/mol. The number of ether oxygens (including phenoxy) is 2. The van der Waals surface area contributed by atoms with Gasteiger partial charge in [0.1, 0.15) is 0 Å². The molecule has 0 bridgehead atoms. The van der Waals surface area contributed by atoms with Gasteiger partial charge in [0.25, 0.3) is 0 Å². The zero-order chi connectivity index (χ0) is 12.8. The summed E-state index contributed by atoms with van der Waals surface area (Å²) in [7, 11) is 0. The minimum Gasteiger partial charge on any atom is -0.477 e. The standard InChI is InChI=1S/C9H4F4O4/c10-8(11,7(14)15)4-1-2-5-6(3-4)17-9(12,13)16-5/h1-3H,(H,14,15). The van der Waals surface area contributed by atoms with Crippen molar-refractivity contribution in [3.8, 4) is 11.5 Å². The molecule has 1 aliphatic rings. The Morgan fingerprint density at radius 1 is 1.24 bits per heavy atom. The van der Waals surface area contributed by atoms with Crippen molar-refractivity contribution in [3.05, 3.63) is 23.8 Å². The van der Waals surface area contributed by atoms with Crippen LogP contribution in [0.15, 0.2) is 18.2 Å². The molecular weight excluding hydrogens is 248 g/mol. The molecule has 1 aromatic rings. The van der Waals surface area contributed by atoms with Gasteiger partial charge < -0.3 is 14.6 Å². The van der Waals surface area contributed by atoms with Gasteiger partial charge in [0.05, 0.1) is 0 Å². The number of alkyl halides is 4. The maximum absolute atomic E-state index is 13.1. The Bertz CT molecular complexity index is 486. The van der Waals surface area contributed by atoms with Crippen LogP contribution < -0.4 is 9.47 Å². The SMILES string of the molecule is O=C(O)C(F)(F)c1ccc2c(c1)OC(F)(F)O2. The number of hydrogen-bond donors (Lipinski definition) is 1. The van der Waals surface area contributed by atoms with E-state index < -0.39 is 35.2 Å². The van der Waals surface area contributed by atoms with Crippen molar-refractivity contribution in [2.24, 2.45) is 0 Å². The predicted octanol–water partition coefficient (Wildman–Crippen LogP) is 2.18. The third-order valence-electron chi connectivity index (χ3n) is 2.03. The first-order valence-electron chi connectivity index (χ1n) is 4.24. The van der Waals surface area contributed by atoms with Gasteiger partial charge in [-0.1, -0.05) is 0 Å². The molecule has 2 rings (SSSR count). The summed E-state index contributed by atoms with van der Waals surface area (Å²) in [5, 5.41) is 8.28. The Balaban J connectivity index is 2.41. The van der Waals surface area contributed by atoms with Crippen LogP contribution in [0.2, 0.25) is 0 Å². The fourth-order valence-corrected chi connectivity index (χ4v) is 1.27. The Morgan fingerprint density at radius 2 is 1.82 bits per heavy atom. The molecule has 1 heterocycles. The molecule has 8 heteroatoms. The molecule has 17 heavy (non-hydrogen) atoms. The topological polar surface area (TPSA) is 55.8 Å². The maximum Gasteiger partial charge on any atom is 0.586 e. The zero-order valence-corrected chi connectivity index (χ0v) is 7.92. The summed E-state index contributed by atoms with van der Waals surface area (Å²) < 4.78 is 59.2. The molecule has 0 fully saturated rings. The van der Waals surface area contributed by atoms with Crippen molar-refractivity contribution in [1.82, 2.24) is 0 Å². The van der Waals surface area contributed by atoms with Crippen LogP contribution in [0.5, 0.6) is 11.5 Å². The molecule has 0 saturated carbocycles. The average Bonchev–Trinajstić information content (AvgIpc) is 2.49. The molecule has 0 atom stereocenters. The smallest absolute Gasteiger partial charge is 0.477 e. The monoisotopic (exact) mass is 252 g/mol. The van der Waals surface area contributed by atoms with Gasteiger partial charge in [-0.25, -0.2) is 4.79 Å². The molecule has 0 unspecified atom stereocenters. The molecule has 0 radical (unpaired) electrons. The minimum atomic E-state index is -4.18. The van der Waals surface area contributed by atoms with E-state index in [0.29, 0.717) is 12.1 Å². The fraction of sp³-hybridized carbons (Fsp3) is 0.222. The van der Waals surface area contributed by atoms with Crippen LogP contribution in [0.4, 0.5) is 17.6 Å². The van der Waals surface area contributed by atoms with Crippen LogP contribution in [0.25, 0.3) is 0 Å². The van der Waals surface area contributed by atoms with Gasteiger partial charge in [-0.15, -0.1) is 8.78 Å². The fourth-order valence-electron chi connectivity index (χ4n) is 1.27. The number of carboxylic acids is 1. The van der Waals surface area contributed by atoms with Crippen LogP contribution in [0, 0.1) is 0 Å². The molecule has 92 valence electrons. The zero-order valence-electron chi connectivity index (χ0n) is 7.92. The number of carbonyl (C=O) groups is 1. The first-order chi connectivity index (χ1) is 7.72. The summed E-state index contributed by atoms with van der Waals surface area (Å²) in [5.74, 6) is -7.63. The van der Waals surface area contributed by atoms with Gasteiger partial charge in [0.15, 0.2) is 11.5 Å². The van der Waals surface area contributed by atoms with Crippen LogP contribution in [0.1, 0.15) is 5.56 Å². The Kier molecular flexibility index (Phi) is 2.20. The third-order valence-corrected chi connectivity index (χ3v) is 2.03. The summed E-state index contributed by atoms with van der Waals surface area (Å²) in [6, 6.07) is 1.98. The van der Waals surface area contributed by atoms with Crippen LogP contribution >= 0.6 is 0 Å². The molecule has 1 N–H and O–H groups in total. The molecule has 0 spiro atoms. The van der Waals surface area contributed by atoms with Gasteiger partial charge in [-0.3, -0.25) is 0 Å². The van der Waals surface area contributed by atoms with E-state index in [1.165, 1.54) is 0 Å². The minimum absolute atomic E-state index is 0.431. The Hall–Kier alpha value is -1.99. The highest BCUT2D eigenvalue weighted by atomic mass is 19.3. The third kappa shape index (κ3) is 1.85. The first kappa shape index (κ1) is 11.5. The largest absolute Gasteiger partial charge is 0.586 e. The quantitative estimate of drug-likeness (QED) is 0.819. The van der Waals surface area contributed by atoms with E-state index >= 15 is 0 Å². The first-order valence-corrected chi connectivity index (χ1v) is 4.24. The lowest BCUT2D eigenvalue weighted by Gasteiger charge is -2.11. The maximum atomic E-state index is 13.1. The molecule has 0 saturated heterocycles. The lowest BCUT2D eigenvalue weighted by Crippen LogP contribution is -2.26. The molecule has 0 aromatic heterocycles. The average molecular weight is 252 g/mol. The number of fused-ring (bicyclic) bond motifs is 1. The molecule has 0 aliphatic carbocycles. The second kappa shape index (κ2) is 3.25. The second-order valence-electron chi connectivity index (χ2n) is 3.21. The molecule has 4 nitrogen and oxygen atoms in total. The number of hydrogen-bond acceptors (Lipinski definition) is 3. The number of aliphatic carboxylic acids is 1. The lowest BCUT2D eigenvalue weighted by atomic mass is 10.1. The van der Waals surface area contributed by atoms with Crippen molar-refractivity contribution >= 4 is 5.97 Å². The van der Waals surface area contributed by atoms with Crippen molar-refractivity contribution < 1.29 is 36.9 Å². The van der Waals surface area contributed by atoms with Gasteiger partial charge >= 0.3 is 18.2 Å². The molecule has 0 amide bonds. The van der Waals surface area contributed by atoms with E-state index in [1.807, 2.05) is 0 Å². The number of benzene rings is 1. The van der Waals surface area contributed by atoms with Gasteiger partial charge in [0.2, 0.25) is 0 Å². The van der Waals surface area contributed by atoms with Crippen LogP contribution in [0.3, 0.4) is 0 Å². The van der Waals surface area contributed by atoms with E-state index in [4.69, 9.17) is 5.11 Å². The summed E-state index contributed by atoms with van der Waals surface area (Å²) >= 11 is 0. The summed E-state index contributed by atoms with van der Waals surface area (Å²) in [4.78, 5) is 10.3. The van der Waals surface area contributed by atoms with Gasteiger partial charge in [0, 0.05) is 5.56 Å². The van der Waals surface area contributed by atoms with Crippen molar-refractivity contribution in [2.45, 2.75) is 12.2 Å². The van der Waals surface area contributed by atoms with E-state index in [0.717, 1.165) is 6.07 Å². The Labute approximate surface area is 91.4 Å². The molecule has 1 aromatic carbocycles. The summed E-state index contributed by atoms with van der Waals surface area (Å²) in [6.45, 7) is 0. The van der Waals surface area contributed by atoms with Gasteiger partial charge in [-0.05, 0) is 18.2 Å². The van der Waals surface area contributed by atoms with E-state index in [1.54, 1.807) is 0 Å². The second-order valence-corrected chi connectivity index (χ2v) is 3.21. The molecule has 1 aliphatic heterocycles. The number of rotatable bonds is 2. The highest BCUT2D eigenvalue weighted by molar-refractivity contribution is 5.77. The molecular formula is C9H4F4O4. The van der Waals surface area contributed by atoms with E-state index in [2.05, 4.69) is 9.47 Å². The summed E-state index contributed by atoms with van der Waals surface area (Å²) in [6.07, 6.45) is -3.93. The van der Waals surface area contributed by atoms with Crippen LogP contribution in [-0.4, -0.2) is 17.4 Å². The lowest BCUT2D eigenvalue weighted by molar-refractivity contribution is -0.286.